The Morgan fingerprint density at radius 2 is 1.44 bits per heavy atom. The first-order valence-electron chi connectivity index (χ1n) is 8.81. The lowest BCUT2D eigenvalue weighted by Crippen LogP contribution is -2.18. The Labute approximate surface area is 150 Å². The Kier molecular flexibility index (Phi) is 5.17. The van der Waals surface area contributed by atoms with E-state index in [0.717, 1.165) is 16.7 Å². The average molecular weight is 343 g/mol. The van der Waals surface area contributed by atoms with E-state index in [2.05, 4.69) is 41.5 Å². The van der Waals surface area contributed by atoms with Crippen LogP contribution in [0.5, 0.6) is 5.75 Å². The van der Waals surface area contributed by atoms with Crippen LogP contribution in [0.1, 0.15) is 63.8 Å². The molecule has 2 aromatic carbocycles. The molecule has 0 aliphatic rings. The first-order chi connectivity index (χ1) is 11.4. The molecule has 0 atom stereocenters. The average Bonchev–Trinajstić information content (AvgIpc) is 2.45. The van der Waals surface area contributed by atoms with Crippen LogP contribution in [0, 0.1) is 5.82 Å². The van der Waals surface area contributed by atoms with Gasteiger partial charge in [-0.25, -0.2) is 4.39 Å². The van der Waals surface area contributed by atoms with Gasteiger partial charge in [0.1, 0.15) is 11.6 Å². The molecular formula is C22H30FNO. The second kappa shape index (κ2) is 6.70. The second-order valence-corrected chi connectivity index (χ2v) is 8.85. The lowest BCUT2D eigenvalue weighted by atomic mass is 9.78. The highest BCUT2D eigenvalue weighted by Gasteiger charge is 2.26. The maximum atomic E-state index is 14.0. The highest BCUT2D eigenvalue weighted by molar-refractivity contribution is 5.51. The minimum atomic E-state index is -0.258. The largest absolute Gasteiger partial charge is 0.507 e. The summed E-state index contributed by atoms with van der Waals surface area (Å²) in [5, 5.41) is 10.8. The molecule has 0 spiro atoms. The van der Waals surface area contributed by atoms with Gasteiger partial charge in [-0.3, -0.25) is 0 Å². The van der Waals surface area contributed by atoms with Crippen LogP contribution < -0.4 is 5.73 Å². The van der Waals surface area contributed by atoms with Crippen molar-refractivity contribution in [2.75, 3.05) is 5.73 Å². The molecule has 2 aromatic rings. The van der Waals surface area contributed by atoms with E-state index in [1.165, 1.54) is 6.07 Å². The first kappa shape index (κ1) is 19.3. The lowest BCUT2D eigenvalue weighted by Gasteiger charge is -2.28. The second-order valence-electron chi connectivity index (χ2n) is 8.85. The van der Waals surface area contributed by atoms with Gasteiger partial charge in [-0.15, -0.1) is 0 Å². The van der Waals surface area contributed by atoms with Crippen molar-refractivity contribution in [3.63, 3.8) is 0 Å². The lowest BCUT2D eigenvalue weighted by molar-refractivity contribution is 0.422. The number of aromatic hydroxyl groups is 1. The third kappa shape index (κ3) is 4.33. The fourth-order valence-corrected chi connectivity index (χ4v) is 3.09. The van der Waals surface area contributed by atoms with E-state index in [9.17, 15) is 9.50 Å². The van der Waals surface area contributed by atoms with E-state index in [1.807, 2.05) is 12.1 Å². The van der Waals surface area contributed by atoms with Crippen LogP contribution in [-0.2, 0) is 23.7 Å². The van der Waals surface area contributed by atoms with Gasteiger partial charge in [0.2, 0.25) is 0 Å². The minimum Gasteiger partial charge on any atom is -0.507 e. The third-order valence-corrected chi connectivity index (χ3v) is 4.60. The van der Waals surface area contributed by atoms with Gasteiger partial charge < -0.3 is 10.8 Å². The number of halogens is 1. The van der Waals surface area contributed by atoms with Crippen molar-refractivity contribution in [3.05, 3.63) is 58.4 Å². The van der Waals surface area contributed by atoms with Gasteiger partial charge in [0.25, 0.3) is 0 Å². The Morgan fingerprint density at radius 3 is 1.88 bits per heavy atom. The standard InChI is InChI=1S/C22H30FNO/c1-21(2,3)16-12-14(13-17(20(16)25)22(4,5)6)10-11-15-18(23)8-7-9-19(15)24/h7-9,12-13,25H,10-11,24H2,1-6H3. The monoisotopic (exact) mass is 343 g/mol. The number of hydrogen-bond acceptors (Lipinski definition) is 2. The van der Waals surface area contributed by atoms with E-state index in [4.69, 9.17) is 5.73 Å². The van der Waals surface area contributed by atoms with Gasteiger partial charge in [-0.05, 0) is 52.5 Å². The van der Waals surface area contributed by atoms with Gasteiger partial charge in [0, 0.05) is 11.3 Å². The third-order valence-electron chi connectivity index (χ3n) is 4.60. The molecule has 0 aromatic heterocycles. The van der Waals surface area contributed by atoms with Crippen molar-refractivity contribution in [2.45, 2.75) is 65.2 Å². The molecule has 3 N–H and O–H groups in total. The Hall–Kier alpha value is -2.03. The van der Waals surface area contributed by atoms with Gasteiger partial charge >= 0.3 is 0 Å². The van der Waals surface area contributed by atoms with E-state index < -0.39 is 0 Å². The highest BCUT2D eigenvalue weighted by Crippen LogP contribution is 2.40. The van der Waals surface area contributed by atoms with Crippen LogP contribution in [0.4, 0.5) is 10.1 Å². The van der Waals surface area contributed by atoms with Crippen molar-refractivity contribution in [1.82, 2.24) is 0 Å². The molecule has 2 rings (SSSR count). The highest BCUT2D eigenvalue weighted by atomic mass is 19.1. The van der Waals surface area contributed by atoms with Crippen LogP contribution >= 0.6 is 0 Å². The number of aryl methyl sites for hydroxylation is 1. The van der Waals surface area contributed by atoms with E-state index in [-0.39, 0.29) is 16.6 Å². The summed E-state index contributed by atoms with van der Waals surface area (Å²) in [5.41, 5.74) is 9.59. The van der Waals surface area contributed by atoms with E-state index in [1.54, 1.807) is 12.1 Å². The smallest absolute Gasteiger partial charge is 0.128 e. The van der Waals surface area contributed by atoms with Crippen LogP contribution in [0.25, 0.3) is 0 Å². The van der Waals surface area contributed by atoms with Crippen molar-refractivity contribution in [2.24, 2.45) is 0 Å². The molecule has 0 heterocycles. The number of anilines is 1. The molecular weight excluding hydrogens is 313 g/mol. The summed E-state index contributed by atoms with van der Waals surface area (Å²) in [6, 6.07) is 8.90. The van der Waals surface area contributed by atoms with Gasteiger partial charge in [-0.2, -0.15) is 0 Å². The van der Waals surface area contributed by atoms with Gasteiger partial charge in [-0.1, -0.05) is 59.7 Å². The summed E-state index contributed by atoms with van der Waals surface area (Å²) in [6.45, 7) is 12.5. The zero-order chi connectivity index (χ0) is 19.0. The predicted molar refractivity (Wildman–Crippen MR) is 104 cm³/mol. The summed E-state index contributed by atoms with van der Waals surface area (Å²) in [7, 11) is 0. The zero-order valence-corrected chi connectivity index (χ0v) is 16.2. The molecule has 0 fully saturated rings. The number of phenols is 1. The van der Waals surface area contributed by atoms with Gasteiger partial charge in [0.15, 0.2) is 0 Å². The molecule has 25 heavy (non-hydrogen) atoms. The predicted octanol–water partition coefficient (Wildman–Crippen LogP) is 5.49. The molecule has 0 bridgehead atoms. The van der Waals surface area contributed by atoms with Crippen molar-refractivity contribution in [1.29, 1.82) is 0 Å². The number of nitrogens with two attached hydrogens (primary N) is 1. The Morgan fingerprint density at radius 1 is 0.920 bits per heavy atom. The molecule has 0 aliphatic carbocycles. The quantitative estimate of drug-likeness (QED) is 0.724. The summed E-state index contributed by atoms with van der Waals surface area (Å²) in [4.78, 5) is 0. The first-order valence-corrected chi connectivity index (χ1v) is 8.81. The minimum absolute atomic E-state index is 0.170. The Balaban J connectivity index is 2.44. The zero-order valence-electron chi connectivity index (χ0n) is 16.2. The van der Waals surface area contributed by atoms with Crippen LogP contribution in [0.15, 0.2) is 30.3 Å². The maximum Gasteiger partial charge on any atom is 0.128 e. The normalized spacial score (nSPS) is 12.4. The SMILES string of the molecule is CC(C)(C)c1cc(CCc2c(N)cccc2F)cc(C(C)(C)C)c1O. The molecule has 0 radical (unpaired) electrons. The topological polar surface area (TPSA) is 46.2 Å². The van der Waals surface area contributed by atoms with Crippen molar-refractivity contribution in [3.8, 4) is 5.75 Å². The summed E-state index contributed by atoms with van der Waals surface area (Å²) >= 11 is 0. The molecule has 0 unspecified atom stereocenters. The number of phenolic OH excluding ortho intramolecular Hbond substituents is 1. The molecule has 136 valence electrons. The van der Waals surface area contributed by atoms with E-state index >= 15 is 0 Å². The van der Waals surface area contributed by atoms with Crippen LogP contribution in [0.3, 0.4) is 0 Å². The molecule has 0 aliphatic heterocycles. The maximum absolute atomic E-state index is 14.0. The molecule has 0 saturated carbocycles. The van der Waals surface area contributed by atoms with E-state index in [0.29, 0.717) is 29.8 Å². The van der Waals surface area contributed by atoms with Gasteiger partial charge in [0.05, 0.1) is 0 Å². The Bertz CT molecular complexity index is 711. The summed E-state index contributed by atoms with van der Waals surface area (Å²) in [5.74, 6) is 0.111. The fraction of sp³-hybridized carbons (Fsp3) is 0.455. The van der Waals surface area contributed by atoms with Crippen molar-refractivity contribution < 1.29 is 9.50 Å². The molecule has 0 saturated heterocycles. The van der Waals surface area contributed by atoms with Crippen LogP contribution in [-0.4, -0.2) is 5.11 Å². The molecule has 0 amide bonds. The fourth-order valence-electron chi connectivity index (χ4n) is 3.09. The number of nitrogen functional groups attached to an aromatic ring is 1. The van der Waals surface area contributed by atoms with Crippen molar-refractivity contribution >= 4 is 5.69 Å². The van der Waals surface area contributed by atoms with Crippen LogP contribution in [0.2, 0.25) is 0 Å². The number of benzene rings is 2. The number of rotatable bonds is 3. The molecule has 3 heteroatoms. The molecule has 2 nitrogen and oxygen atoms in total. The summed E-state index contributed by atoms with van der Waals surface area (Å²) in [6.07, 6.45) is 1.22. The number of hydrogen-bond donors (Lipinski definition) is 2. The summed E-state index contributed by atoms with van der Waals surface area (Å²) < 4.78 is 14.0.